The molecule has 0 unspecified atom stereocenters. The Labute approximate surface area is 199 Å². The molecule has 2 aromatic rings. The molecule has 1 saturated heterocycles. The molecule has 33 heavy (non-hydrogen) atoms. The van der Waals surface area contributed by atoms with Crippen LogP contribution >= 0.6 is 0 Å². The van der Waals surface area contributed by atoms with Gasteiger partial charge in [-0.1, -0.05) is 49.1 Å². The van der Waals surface area contributed by atoms with Crippen LogP contribution in [0.25, 0.3) is 0 Å². The predicted octanol–water partition coefficient (Wildman–Crippen LogP) is 5.15. The van der Waals surface area contributed by atoms with Crippen LogP contribution in [-0.2, 0) is 22.6 Å². The molecule has 5 nitrogen and oxygen atoms in total. The SMILES string of the molecule is CC(=O)N1CCCCCCCN(Cc2cccc(C)c2)Cc2cc(N3CCOCC3)ccc21. The van der Waals surface area contributed by atoms with Crippen molar-refractivity contribution in [1.82, 2.24) is 4.90 Å². The van der Waals surface area contributed by atoms with Crippen LogP contribution in [0.2, 0.25) is 0 Å². The lowest BCUT2D eigenvalue weighted by atomic mass is 10.0. The van der Waals surface area contributed by atoms with Crippen molar-refractivity contribution in [3.05, 3.63) is 59.2 Å². The van der Waals surface area contributed by atoms with Gasteiger partial charge in [-0.15, -0.1) is 0 Å². The number of ether oxygens (including phenoxy) is 1. The monoisotopic (exact) mass is 449 g/mol. The van der Waals surface area contributed by atoms with E-state index in [0.29, 0.717) is 0 Å². The summed E-state index contributed by atoms with van der Waals surface area (Å²) in [5.41, 5.74) is 6.23. The van der Waals surface area contributed by atoms with Crippen LogP contribution in [0.5, 0.6) is 0 Å². The summed E-state index contributed by atoms with van der Waals surface area (Å²) in [7, 11) is 0. The summed E-state index contributed by atoms with van der Waals surface area (Å²) >= 11 is 0. The van der Waals surface area contributed by atoms with Gasteiger partial charge in [0.25, 0.3) is 0 Å². The second-order valence-corrected chi connectivity index (χ2v) is 9.55. The van der Waals surface area contributed by atoms with E-state index in [0.717, 1.165) is 64.6 Å². The number of anilines is 2. The summed E-state index contributed by atoms with van der Waals surface area (Å²) < 4.78 is 5.57. The van der Waals surface area contributed by atoms with Gasteiger partial charge in [-0.2, -0.15) is 0 Å². The molecule has 0 spiro atoms. The van der Waals surface area contributed by atoms with Crippen molar-refractivity contribution in [2.24, 2.45) is 0 Å². The molecule has 2 aromatic carbocycles. The average molecular weight is 450 g/mol. The van der Waals surface area contributed by atoms with Gasteiger partial charge in [-0.05, 0) is 55.6 Å². The third kappa shape index (κ3) is 6.58. The third-order valence-corrected chi connectivity index (χ3v) is 6.85. The lowest BCUT2D eigenvalue weighted by molar-refractivity contribution is -0.116. The van der Waals surface area contributed by atoms with Crippen LogP contribution < -0.4 is 9.80 Å². The number of rotatable bonds is 3. The second kappa shape index (κ2) is 11.7. The summed E-state index contributed by atoms with van der Waals surface area (Å²) in [6.45, 7) is 10.9. The minimum Gasteiger partial charge on any atom is -0.378 e. The van der Waals surface area contributed by atoms with Crippen LogP contribution in [0.15, 0.2) is 42.5 Å². The first-order chi connectivity index (χ1) is 16.1. The van der Waals surface area contributed by atoms with Crippen molar-refractivity contribution in [3.63, 3.8) is 0 Å². The maximum atomic E-state index is 12.7. The smallest absolute Gasteiger partial charge is 0.223 e. The summed E-state index contributed by atoms with van der Waals surface area (Å²) in [6.07, 6.45) is 5.97. The van der Waals surface area contributed by atoms with Crippen molar-refractivity contribution in [3.8, 4) is 0 Å². The zero-order valence-electron chi connectivity index (χ0n) is 20.4. The van der Waals surface area contributed by atoms with E-state index in [2.05, 4.69) is 59.2 Å². The van der Waals surface area contributed by atoms with E-state index in [1.165, 1.54) is 48.1 Å². The van der Waals surface area contributed by atoms with E-state index in [1.54, 1.807) is 6.92 Å². The van der Waals surface area contributed by atoms with E-state index < -0.39 is 0 Å². The van der Waals surface area contributed by atoms with Gasteiger partial charge in [0.1, 0.15) is 0 Å². The molecule has 2 aliphatic rings. The summed E-state index contributed by atoms with van der Waals surface area (Å²) in [4.78, 5) is 19.6. The van der Waals surface area contributed by atoms with Crippen LogP contribution in [0.1, 0.15) is 55.7 Å². The van der Waals surface area contributed by atoms with Crippen LogP contribution in [-0.4, -0.2) is 50.2 Å². The van der Waals surface area contributed by atoms with Gasteiger partial charge >= 0.3 is 0 Å². The quantitative estimate of drug-likeness (QED) is 0.649. The second-order valence-electron chi connectivity index (χ2n) is 9.55. The Kier molecular flexibility index (Phi) is 8.40. The Morgan fingerprint density at radius 2 is 1.67 bits per heavy atom. The first-order valence-electron chi connectivity index (χ1n) is 12.6. The molecule has 5 heteroatoms. The highest BCUT2D eigenvalue weighted by Crippen LogP contribution is 2.30. The molecule has 4 rings (SSSR count). The van der Waals surface area contributed by atoms with Crippen molar-refractivity contribution in [1.29, 1.82) is 0 Å². The highest BCUT2D eigenvalue weighted by Gasteiger charge is 2.20. The molecule has 178 valence electrons. The molecule has 0 saturated carbocycles. The molecular weight excluding hydrogens is 410 g/mol. The molecule has 1 amide bonds. The zero-order valence-corrected chi connectivity index (χ0v) is 20.4. The number of hydrogen-bond acceptors (Lipinski definition) is 4. The summed E-state index contributed by atoms with van der Waals surface area (Å²) in [5.74, 6) is 0.137. The average Bonchev–Trinajstić information content (AvgIpc) is 2.80. The molecule has 2 aliphatic heterocycles. The highest BCUT2D eigenvalue weighted by molar-refractivity contribution is 5.92. The van der Waals surface area contributed by atoms with Gasteiger partial charge in [-0.25, -0.2) is 0 Å². The summed E-state index contributed by atoms with van der Waals surface area (Å²) in [5, 5.41) is 0. The normalized spacial score (nSPS) is 18.8. The van der Waals surface area contributed by atoms with Crippen LogP contribution in [0, 0.1) is 6.92 Å². The number of carbonyl (C=O) groups is 1. The van der Waals surface area contributed by atoms with E-state index >= 15 is 0 Å². The molecule has 0 radical (unpaired) electrons. The van der Waals surface area contributed by atoms with Crippen LogP contribution in [0.3, 0.4) is 0 Å². The fourth-order valence-electron chi connectivity index (χ4n) is 5.09. The first-order valence-corrected chi connectivity index (χ1v) is 12.6. The van der Waals surface area contributed by atoms with Gasteiger partial charge in [0.2, 0.25) is 5.91 Å². The Morgan fingerprint density at radius 1 is 0.909 bits per heavy atom. The van der Waals surface area contributed by atoms with E-state index in [-0.39, 0.29) is 5.91 Å². The topological polar surface area (TPSA) is 36.0 Å². The third-order valence-electron chi connectivity index (χ3n) is 6.85. The number of nitrogens with zero attached hydrogens (tertiary/aromatic N) is 3. The number of amides is 1. The van der Waals surface area contributed by atoms with Crippen molar-refractivity contribution < 1.29 is 9.53 Å². The van der Waals surface area contributed by atoms with E-state index in [9.17, 15) is 4.79 Å². The van der Waals surface area contributed by atoms with E-state index in [4.69, 9.17) is 4.74 Å². The molecule has 0 aliphatic carbocycles. The zero-order chi connectivity index (χ0) is 23.0. The molecule has 0 N–H and O–H groups in total. The predicted molar refractivity (Wildman–Crippen MR) is 136 cm³/mol. The van der Waals surface area contributed by atoms with Gasteiger partial charge in [0.15, 0.2) is 0 Å². The standard InChI is InChI=1S/C28H39N3O2/c1-23-9-8-10-25(19-23)21-29-13-6-4-3-5-7-14-31(24(2)32)28-12-11-27(20-26(28)22-29)30-15-17-33-18-16-30/h8-12,19-20H,3-7,13-18,21-22H2,1-2H3. The molecule has 0 aromatic heterocycles. The Morgan fingerprint density at radius 3 is 2.42 bits per heavy atom. The minimum atomic E-state index is 0.137. The fourth-order valence-corrected chi connectivity index (χ4v) is 5.09. The fraction of sp³-hybridized carbons (Fsp3) is 0.536. The molecule has 0 atom stereocenters. The maximum absolute atomic E-state index is 12.7. The van der Waals surface area contributed by atoms with Gasteiger partial charge in [0, 0.05) is 51.0 Å². The molecule has 0 bridgehead atoms. The summed E-state index contributed by atoms with van der Waals surface area (Å²) in [6, 6.07) is 15.5. The Bertz CT molecular complexity index is 923. The van der Waals surface area contributed by atoms with Gasteiger partial charge in [0.05, 0.1) is 13.2 Å². The van der Waals surface area contributed by atoms with Crippen molar-refractivity contribution in [2.75, 3.05) is 49.2 Å². The lowest BCUT2D eigenvalue weighted by Gasteiger charge is -2.32. The number of aryl methyl sites for hydroxylation is 1. The van der Waals surface area contributed by atoms with Crippen LogP contribution in [0.4, 0.5) is 11.4 Å². The number of fused-ring (bicyclic) bond motifs is 1. The maximum Gasteiger partial charge on any atom is 0.223 e. The number of hydrogen-bond donors (Lipinski definition) is 0. The van der Waals surface area contributed by atoms with Crippen molar-refractivity contribution in [2.45, 2.75) is 59.0 Å². The van der Waals surface area contributed by atoms with Gasteiger partial charge in [-0.3, -0.25) is 9.69 Å². The van der Waals surface area contributed by atoms with Gasteiger partial charge < -0.3 is 14.5 Å². The van der Waals surface area contributed by atoms with E-state index in [1.807, 2.05) is 4.90 Å². The number of carbonyl (C=O) groups excluding carboxylic acids is 1. The molecule has 1 fully saturated rings. The van der Waals surface area contributed by atoms with Crippen molar-refractivity contribution >= 4 is 17.3 Å². The highest BCUT2D eigenvalue weighted by atomic mass is 16.5. The number of morpholine rings is 1. The Balaban J connectivity index is 1.67. The first kappa shape index (κ1) is 23.8. The molecule has 2 heterocycles. The minimum absolute atomic E-state index is 0.137. The number of benzene rings is 2. The Hall–Kier alpha value is -2.37. The largest absolute Gasteiger partial charge is 0.378 e. The molecular formula is C28H39N3O2. The lowest BCUT2D eigenvalue weighted by Crippen LogP contribution is -2.36.